The number of halogens is 1. The Bertz CT molecular complexity index is 1430. The van der Waals surface area contributed by atoms with E-state index in [9.17, 15) is 14.0 Å². The summed E-state index contributed by atoms with van der Waals surface area (Å²) in [6, 6.07) is 17.9. The number of carbonyl (C=O) groups excluding carboxylic acids is 1. The number of rotatable bonds is 9. The SMILES string of the molecule is COc1ccc(NCc2cc3cc(OC)c(OC)cc3n(CC(=O)Nc3ccc(F)cc3)c2=O)cc1. The van der Waals surface area contributed by atoms with E-state index in [4.69, 9.17) is 14.2 Å². The van der Waals surface area contributed by atoms with E-state index in [1.54, 1.807) is 25.3 Å². The van der Waals surface area contributed by atoms with Gasteiger partial charge in [-0.25, -0.2) is 4.39 Å². The van der Waals surface area contributed by atoms with Crippen molar-refractivity contribution in [3.8, 4) is 17.2 Å². The molecule has 0 unspecified atom stereocenters. The summed E-state index contributed by atoms with van der Waals surface area (Å²) >= 11 is 0. The number of pyridine rings is 1. The Labute approximate surface area is 207 Å². The van der Waals surface area contributed by atoms with Crippen LogP contribution in [0, 0.1) is 5.82 Å². The lowest BCUT2D eigenvalue weighted by Crippen LogP contribution is -2.30. The quantitative estimate of drug-likeness (QED) is 0.360. The molecule has 0 spiro atoms. The summed E-state index contributed by atoms with van der Waals surface area (Å²) in [4.78, 5) is 26.3. The molecule has 0 radical (unpaired) electrons. The fraction of sp³-hybridized carbons (Fsp3) is 0.185. The first-order valence-electron chi connectivity index (χ1n) is 11.1. The summed E-state index contributed by atoms with van der Waals surface area (Å²) in [7, 11) is 4.62. The minimum Gasteiger partial charge on any atom is -0.497 e. The molecule has 1 aromatic heterocycles. The lowest BCUT2D eigenvalue weighted by atomic mass is 10.1. The van der Waals surface area contributed by atoms with E-state index in [-0.39, 0.29) is 18.6 Å². The Balaban J connectivity index is 1.70. The van der Waals surface area contributed by atoms with Gasteiger partial charge in [-0.3, -0.25) is 14.2 Å². The van der Waals surface area contributed by atoms with E-state index in [1.807, 2.05) is 24.3 Å². The van der Waals surface area contributed by atoms with Crippen molar-refractivity contribution in [2.45, 2.75) is 13.1 Å². The summed E-state index contributed by atoms with van der Waals surface area (Å²) in [5, 5.41) is 6.64. The van der Waals surface area contributed by atoms with Crippen molar-refractivity contribution in [1.82, 2.24) is 4.57 Å². The van der Waals surface area contributed by atoms with Crippen molar-refractivity contribution >= 4 is 28.2 Å². The highest BCUT2D eigenvalue weighted by atomic mass is 19.1. The van der Waals surface area contributed by atoms with Gasteiger partial charge in [-0.15, -0.1) is 0 Å². The van der Waals surface area contributed by atoms with E-state index in [2.05, 4.69) is 10.6 Å². The molecule has 0 bridgehead atoms. The van der Waals surface area contributed by atoms with Crippen LogP contribution in [0.3, 0.4) is 0 Å². The Morgan fingerprint density at radius 2 is 1.50 bits per heavy atom. The van der Waals surface area contributed by atoms with Gasteiger partial charge < -0.3 is 24.8 Å². The van der Waals surface area contributed by atoms with E-state index in [0.29, 0.717) is 33.7 Å². The van der Waals surface area contributed by atoms with Gasteiger partial charge in [-0.05, 0) is 60.7 Å². The third-order valence-corrected chi connectivity index (χ3v) is 5.68. The molecule has 3 aromatic carbocycles. The van der Waals surface area contributed by atoms with Crippen LogP contribution in [0.25, 0.3) is 10.9 Å². The predicted molar refractivity (Wildman–Crippen MR) is 137 cm³/mol. The summed E-state index contributed by atoms with van der Waals surface area (Å²) in [6.07, 6.45) is 0. The van der Waals surface area contributed by atoms with Crippen molar-refractivity contribution in [3.63, 3.8) is 0 Å². The van der Waals surface area contributed by atoms with Gasteiger partial charge in [0.2, 0.25) is 5.91 Å². The van der Waals surface area contributed by atoms with Gasteiger partial charge in [0.25, 0.3) is 5.56 Å². The van der Waals surface area contributed by atoms with Crippen molar-refractivity contribution in [2.75, 3.05) is 32.0 Å². The van der Waals surface area contributed by atoms with Crippen LogP contribution < -0.4 is 30.4 Å². The topological polar surface area (TPSA) is 90.8 Å². The molecular weight excluding hydrogens is 465 g/mol. The highest BCUT2D eigenvalue weighted by Gasteiger charge is 2.16. The minimum absolute atomic E-state index is 0.231. The van der Waals surface area contributed by atoms with Crippen molar-refractivity contribution < 1.29 is 23.4 Å². The molecule has 8 nitrogen and oxygen atoms in total. The van der Waals surface area contributed by atoms with Gasteiger partial charge in [0.1, 0.15) is 18.1 Å². The number of amides is 1. The maximum atomic E-state index is 13.5. The maximum absolute atomic E-state index is 13.5. The first-order valence-corrected chi connectivity index (χ1v) is 11.1. The van der Waals surface area contributed by atoms with Crippen molar-refractivity contribution in [2.24, 2.45) is 0 Å². The van der Waals surface area contributed by atoms with Crippen LogP contribution in [0.15, 0.2) is 71.5 Å². The molecule has 186 valence electrons. The van der Waals surface area contributed by atoms with Crippen LogP contribution in [0.4, 0.5) is 15.8 Å². The van der Waals surface area contributed by atoms with Gasteiger partial charge in [-0.1, -0.05) is 0 Å². The lowest BCUT2D eigenvalue weighted by molar-refractivity contribution is -0.116. The molecule has 36 heavy (non-hydrogen) atoms. The number of hydrogen-bond acceptors (Lipinski definition) is 6. The molecule has 0 aliphatic heterocycles. The second-order valence-corrected chi connectivity index (χ2v) is 7.96. The third kappa shape index (κ3) is 5.41. The number of hydrogen-bond donors (Lipinski definition) is 2. The number of benzene rings is 3. The van der Waals surface area contributed by atoms with Gasteiger partial charge in [0.15, 0.2) is 11.5 Å². The smallest absolute Gasteiger partial charge is 0.256 e. The lowest BCUT2D eigenvalue weighted by Gasteiger charge is -2.16. The maximum Gasteiger partial charge on any atom is 0.256 e. The number of nitrogens with one attached hydrogen (secondary N) is 2. The van der Waals surface area contributed by atoms with Gasteiger partial charge in [0.05, 0.1) is 26.8 Å². The number of methoxy groups -OCH3 is 3. The number of anilines is 2. The second-order valence-electron chi connectivity index (χ2n) is 7.96. The largest absolute Gasteiger partial charge is 0.497 e. The fourth-order valence-electron chi connectivity index (χ4n) is 3.83. The highest BCUT2D eigenvalue weighted by molar-refractivity contribution is 5.92. The number of nitrogens with zero attached hydrogens (tertiary/aromatic N) is 1. The monoisotopic (exact) mass is 491 g/mol. The zero-order valence-electron chi connectivity index (χ0n) is 20.1. The summed E-state index contributed by atoms with van der Waals surface area (Å²) < 4.78 is 30.6. The zero-order valence-corrected chi connectivity index (χ0v) is 20.1. The van der Waals surface area contributed by atoms with Crippen LogP contribution in [-0.4, -0.2) is 31.8 Å². The third-order valence-electron chi connectivity index (χ3n) is 5.68. The van der Waals surface area contributed by atoms with Crippen LogP contribution >= 0.6 is 0 Å². The van der Waals surface area contributed by atoms with Gasteiger partial charge in [0, 0.05) is 34.9 Å². The van der Waals surface area contributed by atoms with E-state index >= 15 is 0 Å². The predicted octanol–water partition coefficient (Wildman–Crippen LogP) is 4.42. The second kappa shape index (κ2) is 10.8. The van der Waals surface area contributed by atoms with Crippen LogP contribution in [0.5, 0.6) is 17.2 Å². The normalized spacial score (nSPS) is 10.7. The fourth-order valence-corrected chi connectivity index (χ4v) is 3.83. The van der Waals surface area contributed by atoms with Crippen LogP contribution in [0.2, 0.25) is 0 Å². The molecule has 2 N–H and O–H groups in total. The summed E-state index contributed by atoms with van der Waals surface area (Å²) in [6.45, 7) is -0.0202. The molecule has 1 heterocycles. The van der Waals surface area contributed by atoms with E-state index in [1.165, 1.54) is 43.1 Å². The molecule has 0 aliphatic rings. The summed E-state index contributed by atoms with van der Waals surface area (Å²) in [5.41, 5.74) is 1.88. The average molecular weight is 492 g/mol. The molecule has 0 saturated heterocycles. The summed E-state index contributed by atoms with van der Waals surface area (Å²) in [5.74, 6) is 0.816. The Hall–Kier alpha value is -4.53. The molecule has 0 atom stereocenters. The number of fused-ring (bicyclic) bond motifs is 1. The standard InChI is InChI=1S/C27H26FN3O5/c1-34-22-10-8-20(9-11-22)29-15-18-12-17-13-24(35-2)25(36-3)14-23(17)31(27(18)33)16-26(32)30-21-6-4-19(28)5-7-21/h4-14,29H,15-16H2,1-3H3,(H,30,32). The van der Waals surface area contributed by atoms with Crippen LogP contribution in [0.1, 0.15) is 5.56 Å². The van der Waals surface area contributed by atoms with E-state index in [0.717, 1.165) is 11.4 Å². The molecular formula is C27H26FN3O5. The Morgan fingerprint density at radius 1 is 0.861 bits per heavy atom. The van der Waals surface area contributed by atoms with E-state index < -0.39 is 11.7 Å². The molecule has 4 aromatic rings. The van der Waals surface area contributed by atoms with Gasteiger partial charge >= 0.3 is 0 Å². The molecule has 1 amide bonds. The Morgan fingerprint density at radius 3 is 2.14 bits per heavy atom. The molecule has 9 heteroatoms. The zero-order chi connectivity index (χ0) is 25.7. The first-order chi connectivity index (χ1) is 17.4. The molecule has 4 rings (SSSR count). The highest BCUT2D eigenvalue weighted by Crippen LogP contribution is 2.32. The first kappa shape index (κ1) is 24.6. The number of carbonyl (C=O) groups is 1. The van der Waals surface area contributed by atoms with Crippen LogP contribution in [-0.2, 0) is 17.9 Å². The number of aromatic nitrogens is 1. The average Bonchev–Trinajstić information content (AvgIpc) is 2.90. The molecule has 0 fully saturated rings. The van der Waals surface area contributed by atoms with Gasteiger partial charge in [-0.2, -0.15) is 0 Å². The number of ether oxygens (including phenoxy) is 3. The minimum atomic E-state index is -0.431. The van der Waals surface area contributed by atoms with Crippen molar-refractivity contribution in [3.05, 3.63) is 88.5 Å². The molecule has 0 aliphatic carbocycles. The van der Waals surface area contributed by atoms with Crippen molar-refractivity contribution in [1.29, 1.82) is 0 Å². The molecule has 0 saturated carbocycles. The Kier molecular flexibility index (Phi) is 7.39.